The lowest BCUT2D eigenvalue weighted by molar-refractivity contribution is -0.131. The third kappa shape index (κ3) is 1.54. The van der Waals surface area contributed by atoms with Gasteiger partial charge in [0.15, 0.2) is 5.75 Å². The monoisotopic (exact) mass is 182 g/mol. The van der Waals surface area contributed by atoms with Gasteiger partial charge in [0.2, 0.25) is 0 Å². The Kier molecular flexibility index (Phi) is 2.31. The first-order valence-electron chi connectivity index (χ1n) is 3.10. The molecule has 0 saturated carbocycles. The Bertz CT molecular complexity index is 351. The van der Waals surface area contributed by atoms with Crippen LogP contribution in [0.4, 0.5) is 5.00 Å². The van der Waals surface area contributed by atoms with E-state index in [1.165, 1.54) is 23.6 Å². The molecule has 62 valence electrons. The molecule has 4 nitrogen and oxygen atoms in total. The van der Waals surface area contributed by atoms with E-state index in [-0.39, 0.29) is 11.3 Å². The highest BCUT2D eigenvalue weighted by Crippen LogP contribution is 2.30. The van der Waals surface area contributed by atoms with Crippen LogP contribution in [0.5, 0.6) is 5.75 Å². The van der Waals surface area contributed by atoms with Gasteiger partial charge in [-0.2, -0.15) is 5.26 Å². The molecular formula is C7H6N2O2S. The van der Waals surface area contributed by atoms with Crippen LogP contribution in [0.25, 0.3) is 0 Å². The van der Waals surface area contributed by atoms with Gasteiger partial charge in [-0.1, -0.05) is 0 Å². The fourth-order valence-electron chi connectivity index (χ4n) is 0.696. The summed E-state index contributed by atoms with van der Waals surface area (Å²) in [4.78, 5) is 10.5. The number of carbonyl (C=O) groups excluding carboxylic acids is 1. The van der Waals surface area contributed by atoms with Gasteiger partial charge in [-0.3, -0.25) is 4.79 Å². The highest BCUT2D eigenvalue weighted by Gasteiger charge is 2.11. The molecule has 12 heavy (non-hydrogen) atoms. The third-order valence-electron chi connectivity index (χ3n) is 1.15. The molecule has 1 rings (SSSR count). The SMILES string of the molecule is CC(=O)Oc1csc(N)c1C#N. The molecule has 0 unspecified atom stereocenters. The zero-order chi connectivity index (χ0) is 9.14. The standard InChI is InChI=1S/C7H6N2O2S/c1-4(10)11-6-3-12-7(9)5(6)2-8/h3H,9H2,1H3. The zero-order valence-electron chi connectivity index (χ0n) is 6.33. The lowest BCUT2D eigenvalue weighted by atomic mass is 10.3. The Morgan fingerprint density at radius 1 is 1.83 bits per heavy atom. The van der Waals surface area contributed by atoms with Crippen LogP contribution in [-0.4, -0.2) is 5.97 Å². The molecule has 1 aromatic heterocycles. The van der Waals surface area contributed by atoms with E-state index < -0.39 is 5.97 Å². The number of hydrogen-bond donors (Lipinski definition) is 1. The molecule has 0 saturated heterocycles. The minimum atomic E-state index is -0.454. The van der Waals surface area contributed by atoms with Crippen LogP contribution in [0.15, 0.2) is 5.38 Å². The summed E-state index contributed by atoms with van der Waals surface area (Å²) >= 11 is 1.18. The number of anilines is 1. The number of nitriles is 1. The first-order valence-corrected chi connectivity index (χ1v) is 3.98. The van der Waals surface area contributed by atoms with Crippen molar-refractivity contribution in [1.29, 1.82) is 5.26 Å². The van der Waals surface area contributed by atoms with E-state index in [0.29, 0.717) is 5.00 Å². The van der Waals surface area contributed by atoms with Gasteiger partial charge in [0.25, 0.3) is 0 Å². The van der Waals surface area contributed by atoms with Crippen LogP contribution in [0.2, 0.25) is 0 Å². The number of thiophene rings is 1. The average molecular weight is 182 g/mol. The van der Waals surface area contributed by atoms with Crippen molar-refractivity contribution in [2.24, 2.45) is 0 Å². The minimum absolute atomic E-state index is 0.232. The number of nitrogens with two attached hydrogens (primary N) is 1. The van der Waals surface area contributed by atoms with E-state index in [4.69, 9.17) is 15.7 Å². The molecule has 0 spiro atoms. The summed E-state index contributed by atoms with van der Waals surface area (Å²) in [5.41, 5.74) is 5.66. The van der Waals surface area contributed by atoms with Gasteiger partial charge >= 0.3 is 5.97 Å². The molecule has 2 N–H and O–H groups in total. The van der Waals surface area contributed by atoms with Gasteiger partial charge in [-0.05, 0) is 0 Å². The van der Waals surface area contributed by atoms with E-state index >= 15 is 0 Å². The fourth-order valence-corrected chi connectivity index (χ4v) is 1.36. The number of hydrogen-bond acceptors (Lipinski definition) is 5. The van der Waals surface area contributed by atoms with Crippen LogP contribution < -0.4 is 10.5 Å². The second kappa shape index (κ2) is 3.24. The number of carbonyl (C=O) groups is 1. The van der Waals surface area contributed by atoms with Crippen LogP contribution in [0.3, 0.4) is 0 Å². The zero-order valence-corrected chi connectivity index (χ0v) is 7.14. The Morgan fingerprint density at radius 3 is 3.00 bits per heavy atom. The lowest BCUT2D eigenvalue weighted by Crippen LogP contribution is -2.01. The summed E-state index contributed by atoms with van der Waals surface area (Å²) in [6, 6.07) is 1.86. The maximum absolute atomic E-state index is 10.5. The van der Waals surface area contributed by atoms with Crippen LogP contribution in [0, 0.1) is 11.3 Å². The van der Waals surface area contributed by atoms with Crippen molar-refractivity contribution in [3.63, 3.8) is 0 Å². The second-order valence-electron chi connectivity index (χ2n) is 2.04. The molecule has 0 radical (unpaired) electrons. The van der Waals surface area contributed by atoms with Crippen LogP contribution in [0.1, 0.15) is 12.5 Å². The smallest absolute Gasteiger partial charge is 0.308 e. The fraction of sp³-hybridized carbons (Fsp3) is 0.143. The largest absolute Gasteiger partial charge is 0.424 e. The van der Waals surface area contributed by atoms with Crippen molar-refractivity contribution in [3.05, 3.63) is 10.9 Å². The quantitative estimate of drug-likeness (QED) is 0.660. The van der Waals surface area contributed by atoms with Crippen LogP contribution in [-0.2, 0) is 4.79 Å². The summed E-state index contributed by atoms with van der Waals surface area (Å²) in [5, 5.41) is 10.5. The Balaban J connectivity index is 3.01. The number of nitrogen functional groups attached to an aromatic ring is 1. The van der Waals surface area contributed by atoms with Gasteiger partial charge < -0.3 is 10.5 Å². The van der Waals surface area contributed by atoms with Crippen molar-refractivity contribution in [3.8, 4) is 11.8 Å². The van der Waals surface area contributed by atoms with E-state index in [2.05, 4.69) is 0 Å². The molecule has 0 atom stereocenters. The first-order chi connectivity index (χ1) is 5.65. The number of rotatable bonds is 1. The van der Waals surface area contributed by atoms with Crippen molar-refractivity contribution in [2.75, 3.05) is 5.73 Å². The molecule has 0 aliphatic rings. The number of nitrogens with zero attached hydrogens (tertiary/aromatic N) is 1. The highest BCUT2D eigenvalue weighted by molar-refractivity contribution is 7.14. The van der Waals surface area contributed by atoms with Crippen LogP contribution >= 0.6 is 11.3 Å². The van der Waals surface area contributed by atoms with E-state index in [0.717, 1.165) is 0 Å². The number of esters is 1. The topological polar surface area (TPSA) is 76.1 Å². The van der Waals surface area contributed by atoms with Gasteiger partial charge in [-0.15, -0.1) is 11.3 Å². The van der Waals surface area contributed by atoms with Gasteiger partial charge in [0.05, 0.1) is 0 Å². The maximum Gasteiger partial charge on any atom is 0.308 e. The molecular weight excluding hydrogens is 176 g/mol. The van der Waals surface area contributed by atoms with Crippen molar-refractivity contribution >= 4 is 22.3 Å². The molecule has 5 heteroatoms. The third-order valence-corrected chi connectivity index (χ3v) is 1.94. The molecule has 0 amide bonds. The highest BCUT2D eigenvalue weighted by atomic mass is 32.1. The lowest BCUT2D eigenvalue weighted by Gasteiger charge is -1.96. The minimum Gasteiger partial charge on any atom is -0.424 e. The molecule has 0 fully saturated rings. The predicted octanol–water partition coefficient (Wildman–Crippen LogP) is 1.13. The van der Waals surface area contributed by atoms with Crippen molar-refractivity contribution in [2.45, 2.75) is 6.92 Å². The summed E-state index contributed by atoms with van der Waals surface area (Å²) in [6.45, 7) is 1.27. The molecule has 0 aliphatic heterocycles. The van der Waals surface area contributed by atoms with E-state index in [1.807, 2.05) is 6.07 Å². The molecule has 1 aromatic rings. The predicted molar refractivity (Wildman–Crippen MR) is 44.8 cm³/mol. The molecule has 0 aliphatic carbocycles. The summed E-state index contributed by atoms with van der Waals surface area (Å²) < 4.78 is 4.73. The van der Waals surface area contributed by atoms with E-state index in [9.17, 15) is 4.79 Å². The number of ether oxygens (including phenoxy) is 1. The summed E-state index contributed by atoms with van der Waals surface area (Å²) in [6.07, 6.45) is 0. The average Bonchev–Trinajstić information content (AvgIpc) is 2.30. The van der Waals surface area contributed by atoms with Crippen molar-refractivity contribution in [1.82, 2.24) is 0 Å². The normalized spacial score (nSPS) is 9.00. The maximum atomic E-state index is 10.5. The Labute approximate surface area is 73.2 Å². The second-order valence-corrected chi connectivity index (χ2v) is 2.96. The van der Waals surface area contributed by atoms with Crippen molar-refractivity contribution < 1.29 is 9.53 Å². The van der Waals surface area contributed by atoms with Gasteiger partial charge in [-0.25, -0.2) is 0 Å². The van der Waals surface area contributed by atoms with E-state index in [1.54, 1.807) is 0 Å². The van der Waals surface area contributed by atoms with Gasteiger partial charge in [0.1, 0.15) is 16.6 Å². The first kappa shape index (κ1) is 8.56. The molecule has 0 aromatic carbocycles. The Hall–Kier alpha value is -1.54. The summed E-state index contributed by atoms with van der Waals surface area (Å²) in [7, 11) is 0. The summed E-state index contributed by atoms with van der Waals surface area (Å²) in [5.74, 6) is -0.211. The Morgan fingerprint density at radius 2 is 2.50 bits per heavy atom. The van der Waals surface area contributed by atoms with Gasteiger partial charge in [0, 0.05) is 12.3 Å². The molecule has 0 bridgehead atoms. The molecule has 1 heterocycles.